The van der Waals surface area contributed by atoms with E-state index in [9.17, 15) is 15.0 Å². The summed E-state index contributed by atoms with van der Waals surface area (Å²) in [5, 5.41) is 20.6. The maximum absolute atomic E-state index is 12.9. The number of benzene rings is 2. The van der Waals surface area contributed by atoms with Crippen LogP contribution in [0.15, 0.2) is 36.4 Å². The zero-order valence-corrected chi connectivity index (χ0v) is 14.9. The van der Waals surface area contributed by atoms with Gasteiger partial charge in [0.15, 0.2) is 5.78 Å². The SMILES string of the molecule is CCCCCCc1c(O)ccc(C(=O)c2ccccc2COC)c1O. The normalized spacial score (nSPS) is 10.8. The van der Waals surface area contributed by atoms with Crippen LogP contribution in [0.1, 0.15) is 59.7 Å². The zero-order valence-electron chi connectivity index (χ0n) is 14.9. The van der Waals surface area contributed by atoms with Gasteiger partial charge in [0.1, 0.15) is 11.5 Å². The monoisotopic (exact) mass is 342 g/mol. The van der Waals surface area contributed by atoms with Crippen LogP contribution >= 0.6 is 0 Å². The Morgan fingerprint density at radius 1 is 1.00 bits per heavy atom. The Morgan fingerprint density at radius 3 is 2.48 bits per heavy atom. The fourth-order valence-electron chi connectivity index (χ4n) is 2.95. The largest absolute Gasteiger partial charge is 0.508 e. The Kier molecular flexibility index (Phi) is 7.02. The standard InChI is InChI=1S/C21H26O4/c1-3-4-5-6-11-17-19(22)13-12-18(21(17)24)20(23)16-10-8-7-9-15(16)14-25-2/h7-10,12-13,22,24H,3-6,11,14H2,1-2H3. The van der Waals surface area contributed by atoms with Gasteiger partial charge in [-0.15, -0.1) is 0 Å². The van der Waals surface area contributed by atoms with Gasteiger partial charge in [-0.05, 0) is 30.5 Å². The molecule has 0 amide bonds. The fourth-order valence-corrected chi connectivity index (χ4v) is 2.95. The second kappa shape index (κ2) is 9.23. The van der Waals surface area contributed by atoms with Crippen molar-refractivity contribution in [3.05, 3.63) is 58.7 Å². The Hall–Kier alpha value is -2.33. The molecule has 0 aliphatic rings. The van der Waals surface area contributed by atoms with Crippen molar-refractivity contribution in [1.29, 1.82) is 0 Å². The molecule has 0 aliphatic heterocycles. The van der Waals surface area contributed by atoms with Crippen LogP contribution < -0.4 is 0 Å². The summed E-state index contributed by atoms with van der Waals surface area (Å²) in [6.07, 6.45) is 4.69. The lowest BCUT2D eigenvalue weighted by atomic mass is 9.94. The molecule has 25 heavy (non-hydrogen) atoms. The highest BCUT2D eigenvalue weighted by atomic mass is 16.5. The van der Waals surface area contributed by atoms with Crippen molar-refractivity contribution in [3.63, 3.8) is 0 Å². The number of methoxy groups -OCH3 is 1. The van der Waals surface area contributed by atoms with Gasteiger partial charge in [0.25, 0.3) is 0 Å². The van der Waals surface area contributed by atoms with E-state index in [0.29, 0.717) is 24.2 Å². The number of hydrogen-bond acceptors (Lipinski definition) is 4. The zero-order chi connectivity index (χ0) is 18.2. The van der Waals surface area contributed by atoms with E-state index in [1.165, 1.54) is 12.1 Å². The van der Waals surface area contributed by atoms with Crippen molar-refractivity contribution in [3.8, 4) is 11.5 Å². The van der Waals surface area contributed by atoms with Gasteiger partial charge in [-0.3, -0.25) is 4.79 Å². The molecular weight excluding hydrogens is 316 g/mol. The summed E-state index contributed by atoms with van der Waals surface area (Å²) in [5.41, 5.74) is 1.94. The summed E-state index contributed by atoms with van der Waals surface area (Å²) in [4.78, 5) is 12.9. The Bertz CT molecular complexity index is 722. The van der Waals surface area contributed by atoms with E-state index >= 15 is 0 Å². The van der Waals surface area contributed by atoms with Gasteiger partial charge in [-0.2, -0.15) is 0 Å². The van der Waals surface area contributed by atoms with E-state index in [1.54, 1.807) is 19.2 Å². The van der Waals surface area contributed by atoms with Gasteiger partial charge in [0.2, 0.25) is 0 Å². The predicted molar refractivity (Wildman–Crippen MR) is 98.2 cm³/mol. The molecule has 0 fully saturated rings. The van der Waals surface area contributed by atoms with Crippen LogP contribution in [0.3, 0.4) is 0 Å². The lowest BCUT2D eigenvalue weighted by molar-refractivity contribution is 0.103. The topological polar surface area (TPSA) is 66.8 Å². The first-order valence-corrected chi connectivity index (χ1v) is 8.75. The maximum atomic E-state index is 12.9. The molecule has 0 atom stereocenters. The summed E-state index contributed by atoms with van der Waals surface area (Å²) in [5.74, 6) is -0.343. The van der Waals surface area contributed by atoms with Gasteiger partial charge < -0.3 is 14.9 Å². The molecule has 0 bridgehead atoms. The third-order valence-electron chi connectivity index (χ3n) is 4.34. The molecule has 2 aromatic rings. The van der Waals surface area contributed by atoms with Crippen molar-refractivity contribution in [2.24, 2.45) is 0 Å². The molecular formula is C21H26O4. The minimum Gasteiger partial charge on any atom is -0.508 e. The van der Waals surface area contributed by atoms with Crippen molar-refractivity contribution in [2.75, 3.05) is 7.11 Å². The Morgan fingerprint density at radius 2 is 1.76 bits per heavy atom. The number of unbranched alkanes of at least 4 members (excludes halogenated alkanes) is 3. The van der Waals surface area contributed by atoms with Gasteiger partial charge in [-0.1, -0.05) is 50.5 Å². The number of carbonyl (C=O) groups is 1. The molecule has 4 heteroatoms. The first kappa shape index (κ1) is 19.0. The van der Waals surface area contributed by atoms with Crippen LogP contribution in [0.5, 0.6) is 11.5 Å². The maximum Gasteiger partial charge on any atom is 0.197 e. The molecule has 0 saturated heterocycles. The smallest absolute Gasteiger partial charge is 0.197 e. The second-order valence-electron chi connectivity index (χ2n) is 6.19. The average Bonchev–Trinajstić information content (AvgIpc) is 2.61. The number of carbonyl (C=O) groups excluding carboxylic acids is 1. The van der Waals surface area contributed by atoms with Gasteiger partial charge >= 0.3 is 0 Å². The summed E-state index contributed by atoms with van der Waals surface area (Å²) < 4.78 is 5.15. The number of rotatable bonds is 9. The van der Waals surface area contributed by atoms with E-state index in [1.807, 2.05) is 12.1 Å². The summed E-state index contributed by atoms with van der Waals surface area (Å²) >= 11 is 0. The van der Waals surface area contributed by atoms with E-state index in [-0.39, 0.29) is 22.8 Å². The third-order valence-corrected chi connectivity index (χ3v) is 4.34. The van der Waals surface area contributed by atoms with Crippen molar-refractivity contribution < 1.29 is 19.7 Å². The number of phenols is 2. The van der Waals surface area contributed by atoms with Crippen LogP contribution in [-0.4, -0.2) is 23.1 Å². The second-order valence-corrected chi connectivity index (χ2v) is 6.19. The molecule has 0 spiro atoms. The predicted octanol–water partition coefficient (Wildman–Crippen LogP) is 4.60. The molecule has 0 heterocycles. The summed E-state index contributed by atoms with van der Waals surface area (Å²) in [6.45, 7) is 2.45. The molecule has 4 nitrogen and oxygen atoms in total. The first-order valence-electron chi connectivity index (χ1n) is 8.75. The molecule has 0 aromatic heterocycles. The molecule has 0 unspecified atom stereocenters. The Labute approximate surface area is 149 Å². The summed E-state index contributed by atoms with van der Waals surface area (Å²) in [6, 6.07) is 10.2. The number of hydrogen-bond donors (Lipinski definition) is 2. The van der Waals surface area contributed by atoms with Crippen LogP contribution in [0.25, 0.3) is 0 Å². The lowest BCUT2D eigenvalue weighted by Crippen LogP contribution is -2.07. The number of ketones is 1. The molecule has 0 aliphatic carbocycles. The molecule has 2 aromatic carbocycles. The Balaban J connectivity index is 2.31. The highest BCUT2D eigenvalue weighted by molar-refractivity contribution is 6.11. The van der Waals surface area contributed by atoms with E-state index < -0.39 is 0 Å². The average molecular weight is 342 g/mol. The van der Waals surface area contributed by atoms with Gasteiger partial charge in [0.05, 0.1) is 12.2 Å². The summed E-state index contributed by atoms with van der Waals surface area (Å²) in [7, 11) is 1.58. The molecule has 0 saturated carbocycles. The number of phenolic OH excluding ortho intramolecular Hbond substituents is 2. The molecule has 2 rings (SSSR count). The molecule has 2 N–H and O–H groups in total. The lowest BCUT2D eigenvalue weighted by Gasteiger charge is -2.13. The number of ether oxygens (including phenoxy) is 1. The van der Waals surface area contributed by atoms with Crippen LogP contribution in [0.4, 0.5) is 0 Å². The molecule has 0 radical (unpaired) electrons. The first-order chi connectivity index (χ1) is 12.1. The highest BCUT2D eigenvalue weighted by Crippen LogP contribution is 2.33. The highest BCUT2D eigenvalue weighted by Gasteiger charge is 2.20. The van der Waals surface area contributed by atoms with Gasteiger partial charge in [-0.25, -0.2) is 0 Å². The van der Waals surface area contributed by atoms with E-state index in [0.717, 1.165) is 31.2 Å². The van der Waals surface area contributed by atoms with E-state index in [4.69, 9.17) is 4.74 Å². The third kappa shape index (κ3) is 4.60. The number of aromatic hydroxyl groups is 2. The van der Waals surface area contributed by atoms with Crippen LogP contribution in [-0.2, 0) is 17.8 Å². The van der Waals surface area contributed by atoms with Crippen molar-refractivity contribution in [1.82, 2.24) is 0 Å². The van der Waals surface area contributed by atoms with Crippen LogP contribution in [0, 0.1) is 0 Å². The van der Waals surface area contributed by atoms with Crippen molar-refractivity contribution in [2.45, 2.75) is 45.6 Å². The quantitative estimate of drug-likeness (QED) is 0.516. The fraction of sp³-hybridized carbons (Fsp3) is 0.381. The van der Waals surface area contributed by atoms with Crippen molar-refractivity contribution >= 4 is 5.78 Å². The minimum atomic E-state index is -0.264. The van der Waals surface area contributed by atoms with Crippen LogP contribution in [0.2, 0.25) is 0 Å². The minimum absolute atomic E-state index is 0.0377. The van der Waals surface area contributed by atoms with Gasteiger partial charge in [0, 0.05) is 18.2 Å². The van der Waals surface area contributed by atoms with E-state index in [2.05, 4.69) is 6.92 Å². The molecule has 134 valence electrons.